The van der Waals surface area contributed by atoms with Crippen LogP contribution in [0, 0.1) is 0 Å². The lowest BCUT2D eigenvalue weighted by molar-refractivity contribution is -0.188. The maximum absolute atomic E-state index is 12.2. The summed E-state index contributed by atoms with van der Waals surface area (Å²) in [4.78, 5) is 23.0. The molecule has 1 heterocycles. The van der Waals surface area contributed by atoms with Crippen LogP contribution in [0.25, 0.3) is 0 Å². The van der Waals surface area contributed by atoms with Gasteiger partial charge in [-0.3, -0.25) is 9.59 Å². The van der Waals surface area contributed by atoms with Crippen LogP contribution in [0.3, 0.4) is 0 Å². The summed E-state index contributed by atoms with van der Waals surface area (Å²) in [5, 5.41) is 2.71. The van der Waals surface area contributed by atoms with Gasteiger partial charge in [-0.2, -0.15) is 13.2 Å². The first-order valence-electron chi connectivity index (χ1n) is 4.55. The summed E-state index contributed by atoms with van der Waals surface area (Å²) in [6.45, 7) is 0.210. The van der Waals surface area contributed by atoms with Crippen molar-refractivity contribution >= 4 is 27.6 Å². The summed E-state index contributed by atoms with van der Waals surface area (Å²) in [5.41, 5.74) is 0. The Morgan fingerprint density at radius 3 is 2.56 bits per heavy atom. The van der Waals surface area contributed by atoms with Crippen molar-refractivity contribution in [2.45, 2.75) is 12.2 Å². The number of hydrogen-bond acceptors (Lipinski definition) is 3. The van der Waals surface area contributed by atoms with E-state index in [1.54, 1.807) is 0 Å². The molecule has 16 heavy (non-hydrogen) atoms. The third kappa shape index (κ3) is 2.94. The van der Waals surface area contributed by atoms with Crippen LogP contribution in [-0.2, 0) is 9.59 Å². The van der Waals surface area contributed by atoms with Crippen LogP contribution in [0.4, 0.5) is 13.2 Å². The molecule has 8 heteroatoms. The molecular formula is C8H10BrF3N2O2. The number of ketones is 1. The van der Waals surface area contributed by atoms with E-state index in [4.69, 9.17) is 0 Å². The van der Waals surface area contributed by atoms with Gasteiger partial charge in [0.15, 0.2) is 5.78 Å². The Kier molecular flexibility index (Phi) is 4.31. The van der Waals surface area contributed by atoms with E-state index in [9.17, 15) is 22.8 Å². The minimum absolute atomic E-state index is 0.0618. The van der Waals surface area contributed by atoms with Gasteiger partial charge in [-0.25, -0.2) is 0 Å². The summed E-state index contributed by atoms with van der Waals surface area (Å²) in [7, 11) is 0. The molecule has 0 spiro atoms. The Balaban J connectivity index is 2.82. The van der Waals surface area contributed by atoms with E-state index in [1.165, 1.54) is 0 Å². The third-order valence-corrected chi connectivity index (χ3v) is 2.80. The SMILES string of the molecule is O=C(CBr)C1CNCCN1C(=O)C(F)(F)F. The minimum Gasteiger partial charge on any atom is -0.322 e. The molecule has 0 bridgehead atoms. The Bertz CT molecular complexity index is 295. The number of carbonyl (C=O) groups excluding carboxylic acids is 2. The second-order valence-corrected chi connectivity index (χ2v) is 3.88. The number of carbonyl (C=O) groups is 2. The van der Waals surface area contributed by atoms with Crippen LogP contribution >= 0.6 is 15.9 Å². The molecule has 0 aromatic carbocycles. The van der Waals surface area contributed by atoms with Gasteiger partial charge in [0.25, 0.3) is 0 Å². The molecule has 1 atom stereocenters. The highest BCUT2D eigenvalue weighted by Crippen LogP contribution is 2.21. The predicted molar refractivity (Wildman–Crippen MR) is 53.2 cm³/mol. The molecule has 0 aromatic heterocycles. The van der Waals surface area contributed by atoms with E-state index in [0.717, 1.165) is 0 Å². The maximum atomic E-state index is 12.2. The van der Waals surface area contributed by atoms with Crippen LogP contribution in [-0.4, -0.2) is 53.8 Å². The van der Waals surface area contributed by atoms with E-state index in [0.29, 0.717) is 4.90 Å². The summed E-state index contributed by atoms with van der Waals surface area (Å²) >= 11 is 2.88. The maximum Gasteiger partial charge on any atom is 0.471 e. The number of nitrogens with one attached hydrogen (secondary N) is 1. The first-order valence-corrected chi connectivity index (χ1v) is 5.67. The number of Topliss-reactive ketones (excluding diaryl/α,β-unsaturated/α-hetero) is 1. The fraction of sp³-hybridized carbons (Fsp3) is 0.750. The van der Waals surface area contributed by atoms with Crippen LogP contribution < -0.4 is 5.32 Å². The fourth-order valence-corrected chi connectivity index (χ4v) is 1.86. The number of hydrogen-bond donors (Lipinski definition) is 1. The lowest BCUT2D eigenvalue weighted by Gasteiger charge is -2.35. The number of alkyl halides is 4. The lowest BCUT2D eigenvalue weighted by Crippen LogP contribution is -2.59. The zero-order chi connectivity index (χ0) is 12.3. The van der Waals surface area contributed by atoms with E-state index in [-0.39, 0.29) is 25.0 Å². The van der Waals surface area contributed by atoms with E-state index in [2.05, 4.69) is 21.2 Å². The number of halogens is 4. The van der Waals surface area contributed by atoms with Crippen molar-refractivity contribution in [3.8, 4) is 0 Å². The smallest absolute Gasteiger partial charge is 0.322 e. The van der Waals surface area contributed by atoms with E-state index >= 15 is 0 Å². The van der Waals surface area contributed by atoms with Gasteiger partial charge >= 0.3 is 12.1 Å². The van der Waals surface area contributed by atoms with Crippen molar-refractivity contribution in [1.82, 2.24) is 10.2 Å². The molecule has 0 radical (unpaired) electrons. The van der Waals surface area contributed by atoms with Crippen LogP contribution in [0.15, 0.2) is 0 Å². The zero-order valence-corrected chi connectivity index (χ0v) is 9.77. The van der Waals surface area contributed by atoms with Gasteiger partial charge < -0.3 is 10.2 Å². The van der Waals surface area contributed by atoms with Crippen LogP contribution in [0.1, 0.15) is 0 Å². The molecular weight excluding hydrogens is 293 g/mol. The summed E-state index contributed by atoms with van der Waals surface area (Å²) in [6.07, 6.45) is -4.93. The first-order chi connectivity index (χ1) is 7.38. The van der Waals surface area contributed by atoms with Gasteiger partial charge in [-0.05, 0) is 0 Å². The lowest BCUT2D eigenvalue weighted by atomic mass is 10.1. The van der Waals surface area contributed by atoms with Gasteiger partial charge in [0.2, 0.25) is 0 Å². The molecule has 0 saturated carbocycles. The average molecular weight is 303 g/mol. The van der Waals surface area contributed by atoms with Gasteiger partial charge in [-0.15, -0.1) is 0 Å². The van der Waals surface area contributed by atoms with Crippen molar-refractivity contribution in [2.24, 2.45) is 0 Å². The molecule has 92 valence electrons. The second kappa shape index (κ2) is 5.13. The van der Waals surface area contributed by atoms with Gasteiger partial charge in [0, 0.05) is 19.6 Å². The second-order valence-electron chi connectivity index (χ2n) is 3.32. The number of rotatable bonds is 2. The molecule has 0 aromatic rings. The van der Waals surface area contributed by atoms with Crippen LogP contribution in [0.2, 0.25) is 0 Å². The van der Waals surface area contributed by atoms with Crippen molar-refractivity contribution in [1.29, 1.82) is 0 Å². The van der Waals surface area contributed by atoms with Gasteiger partial charge in [0.1, 0.15) is 6.04 Å². The highest BCUT2D eigenvalue weighted by molar-refractivity contribution is 9.09. The monoisotopic (exact) mass is 302 g/mol. The van der Waals surface area contributed by atoms with Crippen molar-refractivity contribution in [2.75, 3.05) is 25.0 Å². The van der Waals surface area contributed by atoms with Crippen molar-refractivity contribution in [3.05, 3.63) is 0 Å². The molecule has 1 fully saturated rings. The van der Waals surface area contributed by atoms with Gasteiger partial charge in [0.05, 0.1) is 5.33 Å². The molecule has 1 unspecified atom stereocenters. The highest BCUT2D eigenvalue weighted by Gasteiger charge is 2.46. The fourth-order valence-electron chi connectivity index (χ4n) is 1.49. The number of amides is 1. The van der Waals surface area contributed by atoms with E-state index < -0.39 is 23.9 Å². The number of nitrogens with zero attached hydrogens (tertiary/aromatic N) is 1. The zero-order valence-electron chi connectivity index (χ0n) is 8.18. The Hall–Kier alpha value is -0.630. The molecule has 1 aliphatic rings. The number of piperazine rings is 1. The van der Waals surface area contributed by atoms with E-state index in [1.807, 2.05) is 0 Å². The minimum atomic E-state index is -4.93. The largest absolute Gasteiger partial charge is 0.471 e. The average Bonchev–Trinajstić information content (AvgIpc) is 2.25. The predicted octanol–water partition coefficient (Wildman–Crippen LogP) is 0.313. The van der Waals surface area contributed by atoms with Gasteiger partial charge in [-0.1, -0.05) is 15.9 Å². The molecule has 1 rings (SSSR count). The Morgan fingerprint density at radius 2 is 2.06 bits per heavy atom. The Labute approximate surface area is 98.3 Å². The Morgan fingerprint density at radius 1 is 1.44 bits per heavy atom. The molecule has 1 aliphatic heterocycles. The standard InChI is InChI=1S/C8H10BrF3N2O2/c9-3-6(15)5-4-13-1-2-14(5)7(16)8(10,11)12/h5,13H,1-4H2. The third-order valence-electron chi connectivity index (χ3n) is 2.25. The normalized spacial score (nSPS) is 22.0. The quantitative estimate of drug-likeness (QED) is 0.747. The molecule has 4 nitrogen and oxygen atoms in total. The molecule has 1 amide bonds. The molecule has 0 aliphatic carbocycles. The van der Waals surface area contributed by atoms with Crippen molar-refractivity contribution in [3.63, 3.8) is 0 Å². The topological polar surface area (TPSA) is 49.4 Å². The molecule has 1 saturated heterocycles. The summed E-state index contributed by atoms with van der Waals surface area (Å²) in [5.74, 6) is -2.39. The highest BCUT2D eigenvalue weighted by atomic mass is 79.9. The van der Waals surface area contributed by atoms with Crippen molar-refractivity contribution < 1.29 is 22.8 Å². The van der Waals surface area contributed by atoms with Crippen LogP contribution in [0.5, 0.6) is 0 Å². The molecule has 1 N–H and O–H groups in total. The first kappa shape index (κ1) is 13.4. The summed E-state index contributed by atoms with van der Waals surface area (Å²) in [6, 6.07) is -1.04. The summed E-state index contributed by atoms with van der Waals surface area (Å²) < 4.78 is 36.7.